The number of amides is 1. The van der Waals surface area contributed by atoms with Gasteiger partial charge < -0.3 is 15.0 Å². The van der Waals surface area contributed by atoms with Crippen LogP contribution in [0, 0.1) is 13.8 Å². The van der Waals surface area contributed by atoms with Crippen LogP contribution in [0.25, 0.3) is 0 Å². The van der Waals surface area contributed by atoms with Gasteiger partial charge >= 0.3 is 0 Å². The Hall–Kier alpha value is -2.33. The molecule has 25 heavy (non-hydrogen) atoms. The van der Waals surface area contributed by atoms with Crippen molar-refractivity contribution in [2.75, 3.05) is 19.0 Å². The Morgan fingerprint density at radius 3 is 2.44 bits per heavy atom. The number of carbonyl (C=O) groups excluding carboxylic acids is 1. The van der Waals surface area contributed by atoms with Crippen LogP contribution in [0.5, 0.6) is 5.75 Å². The maximum absolute atomic E-state index is 12.5. The molecule has 0 aliphatic heterocycles. The van der Waals surface area contributed by atoms with Crippen LogP contribution in [-0.4, -0.2) is 25.6 Å². The number of rotatable bonds is 7. The topological polar surface area (TPSA) is 42.8 Å². The molecule has 0 spiro atoms. The van der Waals surface area contributed by atoms with E-state index in [1.165, 1.54) is 34.4 Å². The molecule has 2 N–H and O–H groups in total. The summed E-state index contributed by atoms with van der Waals surface area (Å²) in [6.07, 6.45) is 2.42. The SMILES string of the molecule is COc1ccc(C[NH+](CC(=O)Nc2ccc(C)c(C)c2)C2CC2)cc1. The minimum atomic E-state index is 0.0821. The van der Waals surface area contributed by atoms with Crippen molar-refractivity contribution in [3.05, 3.63) is 59.2 Å². The molecular formula is C21H27N2O2+. The normalized spacial score (nSPS) is 14.8. The Labute approximate surface area is 149 Å². The molecule has 2 aromatic carbocycles. The summed E-state index contributed by atoms with van der Waals surface area (Å²) in [6, 6.07) is 14.8. The van der Waals surface area contributed by atoms with E-state index in [0.717, 1.165) is 18.0 Å². The standard InChI is InChI=1S/C21H26N2O2/c1-15-4-7-18(12-16(15)2)22-21(24)14-23(19-8-9-19)13-17-5-10-20(25-3)11-6-17/h4-7,10-12,19H,8-9,13-14H2,1-3H3,(H,22,24)/p+1. The van der Waals surface area contributed by atoms with Gasteiger partial charge in [-0.2, -0.15) is 0 Å². The minimum Gasteiger partial charge on any atom is -0.497 e. The van der Waals surface area contributed by atoms with Crippen molar-refractivity contribution in [3.63, 3.8) is 0 Å². The lowest BCUT2D eigenvalue weighted by molar-refractivity contribution is -0.916. The molecule has 2 aromatic rings. The van der Waals surface area contributed by atoms with Crippen LogP contribution < -0.4 is 15.0 Å². The highest BCUT2D eigenvalue weighted by Crippen LogP contribution is 2.17. The van der Waals surface area contributed by atoms with Crippen LogP contribution in [-0.2, 0) is 11.3 Å². The Balaban J connectivity index is 1.60. The first kappa shape index (κ1) is 17.5. The Bertz CT molecular complexity index is 736. The fraction of sp³-hybridized carbons (Fsp3) is 0.381. The second-order valence-corrected chi connectivity index (χ2v) is 6.98. The first-order valence-corrected chi connectivity index (χ1v) is 8.90. The van der Waals surface area contributed by atoms with Crippen LogP contribution in [0.3, 0.4) is 0 Å². The second kappa shape index (κ2) is 7.70. The summed E-state index contributed by atoms with van der Waals surface area (Å²) in [7, 11) is 1.67. The lowest BCUT2D eigenvalue weighted by atomic mass is 10.1. The average molecular weight is 339 g/mol. The number of benzene rings is 2. The van der Waals surface area contributed by atoms with Crippen LogP contribution >= 0.6 is 0 Å². The smallest absolute Gasteiger partial charge is 0.279 e. The van der Waals surface area contributed by atoms with E-state index >= 15 is 0 Å². The molecule has 1 aliphatic rings. The minimum absolute atomic E-state index is 0.0821. The van der Waals surface area contributed by atoms with Crippen LogP contribution in [0.2, 0.25) is 0 Å². The summed E-state index contributed by atoms with van der Waals surface area (Å²) >= 11 is 0. The number of carbonyl (C=O) groups is 1. The summed E-state index contributed by atoms with van der Waals surface area (Å²) in [5.41, 5.74) is 4.56. The van der Waals surface area contributed by atoms with Crippen molar-refractivity contribution in [2.45, 2.75) is 39.3 Å². The zero-order chi connectivity index (χ0) is 17.8. The molecule has 132 valence electrons. The highest BCUT2D eigenvalue weighted by atomic mass is 16.5. The van der Waals surface area contributed by atoms with Crippen molar-refractivity contribution in [1.29, 1.82) is 0 Å². The van der Waals surface area contributed by atoms with E-state index in [1.807, 2.05) is 30.3 Å². The van der Waals surface area contributed by atoms with E-state index in [2.05, 4.69) is 31.3 Å². The van der Waals surface area contributed by atoms with Gasteiger partial charge in [0.05, 0.1) is 13.2 Å². The van der Waals surface area contributed by atoms with Crippen molar-refractivity contribution in [1.82, 2.24) is 0 Å². The van der Waals surface area contributed by atoms with E-state index in [0.29, 0.717) is 12.6 Å². The molecule has 4 nitrogen and oxygen atoms in total. The van der Waals surface area contributed by atoms with E-state index in [4.69, 9.17) is 4.74 Å². The Morgan fingerprint density at radius 1 is 1.12 bits per heavy atom. The summed E-state index contributed by atoms with van der Waals surface area (Å²) in [5, 5.41) is 3.05. The second-order valence-electron chi connectivity index (χ2n) is 6.98. The monoisotopic (exact) mass is 339 g/mol. The molecule has 0 bridgehead atoms. The summed E-state index contributed by atoms with van der Waals surface area (Å²) in [6.45, 7) is 5.52. The molecule has 1 saturated carbocycles. The molecule has 0 aromatic heterocycles. The van der Waals surface area contributed by atoms with Gasteiger partial charge in [-0.05, 0) is 61.4 Å². The highest BCUT2D eigenvalue weighted by molar-refractivity contribution is 5.91. The Morgan fingerprint density at radius 2 is 1.84 bits per heavy atom. The molecule has 0 saturated heterocycles. The van der Waals surface area contributed by atoms with Crippen molar-refractivity contribution >= 4 is 11.6 Å². The molecular weight excluding hydrogens is 312 g/mol. The van der Waals surface area contributed by atoms with Crippen LogP contribution in [0.1, 0.15) is 29.5 Å². The van der Waals surface area contributed by atoms with Gasteiger partial charge in [0.1, 0.15) is 12.3 Å². The summed E-state index contributed by atoms with van der Waals surface area (Å²) in [5.74, 6) is 0.947. The number of anilines is 1. The third-order valence-electron chi connectivity index (χ3n) is 4.92. The molecule has 1 unspecified atom stereocenters. The highest BCUT2D eigenvalue weighted by Gasteiger charge is 2.34. The number of aryl methyl sites for hydroxylation is 2. The van der Waals surface area contributed by atoms with E-state index in [9.17, 15) is 4.79 Å². The van der Waals surface area contributed by atoms with Crippen molar-refractivity contribution in [3.8, 4) is 5.75 Å². The predicted octanol–water partition coefficient (Wildman–Crippen LogP) is 2.50. The van der Waals surface area contributed by atoms with Gasteiger partial charge in [-0.25, -0.2) is 0 Å². The first-order valence-electron chi connectivity index (χ1n) is 8.90. The molecule has 3 rings (SSSR count). The lowest BCUT2D eigenvalue weighted by Gasteiger charge is -2.19. The maximum atomic E-state index is 12.5. The molecule has 0 radical (unpaired) electrons. The van der Waals surface area contributed by atoms with E-state index in [-0.39, 0.29) is 5.91 Å². The van der Waals surface area contributed by atoms with Gasteiger partial charge in [0.2, 0.25) is 0 Å². The van der Waals surface area contributed by atoms with Gasteiger partial charge in [0.15, 0.2) is 6.54 Å². The summed E-state index contributed by atoms with van der Waals surface area (Å²) in [4.78, 5) is 13.8. The van der Waals surface area contributed by atoms with Gasteiger partial charge in [0, 0.05) is 24.1 Å². The Kier molecular flexibility index (Phi) is 5.39. The lowest BCUT2D eigenvalue weighted by Crippen LogP contribution is -3.13. The molecule has 1 atom stereocenters. The first-order chi connectivity index (χ1) is 12.0. The maximum Gasteiger partial charge on any atom is 0.279 e. The molecule has 1 aliphatic carbocycles. The molecule has 4 heteroatoms. The number of nitrogens with one attached hydrogen (secondary N) is 2. The van der Waals surface area contributed by atoms with Gasteiger partial charge in [0.25, 0.3) is 5.91 Å². The molecule has 0 heterocycles. The molecule has 1 fully saturated rings. The zero-order valence-electron chi connectivity index (χ0n) is 15.3. The predicted molar refractivity (Wildman–Crippen MR) is 100 cm³/mol. The molecule has 1 amide bonds. The summed E-state index contributed by atoms with van der Waals surface area (Å²) < 4.78 is 5.21. The third-order valence-corrected chi connectivity index (χ3v) is 4.92. The van der Waals surface area contributed by atoms with Gasteiger partial charge in [-0.3, -0.25) is 4.79 Å². The fourth-order valence-electron chi connectivity index (χ4n) is 3.08. The number of hydrogen-bond acceptors (Lipinski definition) is 2. The van der Waals surface area contributed by atoms with Gasteiger partial charge in [-0.1, -0.05) is 6.07 Å². The zero-order valence-corrected chi connectivity index (χ0v) is 15.3. The third kappa shape index (κ3) is 4.83. The quantitative estimate of drug-likeness (QED) is 0.814. The van der Waals surface area contributed by atoms with E-state index in [1.54, 1.807) is 7.11 Å². The number of ether oxygens (including phenoxy) is 1. The van der Waals surface area contributed by atoms with E-state index < -0.39 is 0 Å². The largest absolute Gasteiger partial charge is 0.497 e. The number of hydrogen-bond donors (Lipinski definition) is 2. The number of methoxy groups -OCH3 is 1. The van der Waals surface area contributed by atoms with Gasteiger partial charge in [-0.15, -0.1) is 0 Å². The number of quaternary nitrogens is 1. The van der Waals surface area contributed by atoms with Crippen molar-refractivity contribution < 1.29 is 14.4 Å². The van der Waals surface area contributed by atoms with Crippen LogP contribution in [0.15, 0.2) is 42.5 Å². The average Bonchev–Trinajstić information content (AvgIpc) is 3.43. The van der Waals surface area contributed by atoms with Crippen molar-refractivity contribution in [2.24, 2.45) is 0 Å². The fourth-order valence-corrected chi connectivity index (χ4v) is 3.08. The van der Waals surface area contributed by atoms with Crippen LogP contribution in [0.4, 0.5) is 5.69 Å².